The van der Waals surface area contributed by atoms with Crippen molar-refractivity contribution in [2.24, 2.45) is 5.73 Å². The van der Waals surface area contributed by atoms with Crippen molar-refractivity contribution in [3.05, 3.63) is 29.3 Å². The molecule has 0 aliphatic carbocycles. The predicted molar refractivity (Wildman–Crippen MR) is 72.0 cm³/mol. The summed E-state index contributed by atoms with van der Waals surface area (Å²) < 4.78 is 0. The average molecular weight is 234 g/mol. The lowest BCUT2D eigenvalue weighted by molar-refractivity contribution is -0.116. The van der Waals surface area contributed by atoms with Crippen LogP contribution < -0.4 is 11.1 Å². The van der Waals surface area contributed by atoms with Crippen molar-refractivity contribution in [1.29, 1.82) is 0 Å². The summed E-state index contributed by atoms with van der Waals surface area (Å²) in [6.07, 6.45) is 2.29. The van der Waals surface area contributed by atoms with Crippen molar-refractivity contribution in [1.82, 2.24) is 0 Å². The maximum absolute atomic E-state index is 11.8. The molecule has 0 aliphatic rings. The van der Waals surface area contributed by atoms with Crippen molar-refractivity contribution in [3.8, 4) is 0 Å². The van der Waals surface area contributed by atoms with Crippen LogP contribution in [0.4, 0.5) is 5.69 Å². The second kappa shape index (κ2) is 6.40. The van der Waals surface area contributed by atoms with Gasteiger partial charge in [-0.05, 0) is 37.5 Å². The van der Waals surface area contributed by atoms with E-state index in [2.05, 4.69) is 12.2 Å². The first kappa shape index (κ1) is 13.7. The van der Waals surface area contributed by atoms with Crippen LogP contribution in [0.15, 0.2) is 18.2 Å². The molecule has 0 aromatic heterocycles. The molecule has 0 saturated heterocycles. The van der Waals surface area contributed by atoms with E-state index in [0.717, 1.165) is 24.1 Å². The smallest absolute Gasteiger partial charge is 0.225 e. The number of amides is 1. The molecule has 0 heterocycles. The van der Waals surface area contributed by atoms with Crippen LogP contribution in [0.5, 0.6) is 0 Å². The van der Waals surface area contributed by atoms with Gasteiger partial charge in [0.2, 0.25) is 5.91 Å². The highest BCUT2D eigenvalue weighted by Crippen LogP contribution is 2.18. The first-order chi connectivity index (χ1) is 8.04. The summed E-state index contributed by atoms with van der Waals surface area (Å²) >= 11 is 0. The predicted octanol–water partition coefficient (Wildman–Crippen LogP) is 2.76. The zero-order chi connectivity index (χ0) is 12.8. The van der Waals surface area contributed by atoms with Crippen molar-refractivity contribution < 1.29 is 4.79 Å². The molecule has 1 rings (SSSR count). The summed E-state index contributed by atoms with van der Waals surface area (Å²) in [5.41, 5.74) is 9.03. The molecule has 0 spiro atoms. The fraction of sp³-hybridized carbons (Fsp3) is 0.500. The summed E-state index contributed by atoms with van der Waals surface area (Å²) in [4.78, 5) is 11.8. The number of benzene rings is 1. The Labute approximate surface area is 103 Å². The Balaban J connectivity index is 2.59. The third-order valence-electron chi connectivity index (χ3n) is 2.99. The first-order valence-corrected chi connectivity index (χ1v) is 6.16. The van der Waals surface area contributed by atoms with Gasteiger partial charge in [-0.3, -0.25) is 4.79 Å². The molecule has 3 heteroatoms. The summed E-state index contributed by atoms with van der Waals surface area (Å²) in [6.45, 7) is 6.12. The molecule has 3 N–H and O–H groups in total. The number of aryl methyl sites for hydroxylation is 1. The van der Waals surface area contributed by atoms with E-state index < -0.39 is 0 Å². The SMILES string of the molecule is CCCC(N)CC(=O)Nc1cccc(C)c1C. The average Bonchev–Trinajstić information content (AvgIpc) is 2.25. The first-order valence-electron chi connectivity index (χ1n) is 6.16. The van der Waals surface area contributed by atoms with Gasteiger partial charge in [0.15, 0.2) is 0 Å². The number of hydrogen-bond donors (Lipinski definition) is 2. The number of nitrogens with one attached hydrogen (secondary N) is 1. The molecular weight excluding hydrogens is 212 g/mol. The molecule has 0 radical (unpaired) electrons. The number of hydrogen-bond acceptors (Lipinski definition) is 2. The second-order valence-corrected chi connectivity index (χ2v) is 4.55. The third kappa shape index (κ3) is 4.19. The number of rotatable bonds is 5. The fourth-order valence-corrected chi connectivity index (χ4v) is 1.80. The number of carbonyl (C=O) groups excluding carboxylic acids is 1. The van der Waals surface area contributed by atoms with Crippen LogP contribution in [0.25, 0.3) is 0 Å². The lowest BCUT2D eigenvalue weighted by Gasteiger charge is -2.13. The highest BCUT2D eigenvalue weighted by Gasteiger charge is 2.10. The number of carbonyl (C=O) groups is 1. The number of anilines is 1. The fourth-order valence-electron chi connectivity index (χ4n) is 1.80. The van der Waals surface area contributed by atoms with Gasteiger partial charge in [-0.1, -0.05) is 25.5 Å². The van der Waals surface area contributed by atoms with Crippen LogP contribution in [-0.2, 0) is 4.79 Å². The van der Waals surface area contributed by atoms with Crippen LogP contribution in [0.3, 0.4) is 0 Å². The Bertz CT molecular complexity index is 388. The molecule has 1 amide bonds. The third-order valence-corrected chi connectivity index (χ3v) is 2.99. The zero-order valence-corrected chi connectivity index (χ0v) is 10.9. The molecule has 1 unspecified atom stereocenters. The Morgan fingerprint density at radius 1 is 1.41 bits per heavy atom. The van der Waals surface area contributed by atoms with E-state index in [9.17, 15) is 4.79 Å². The van der Waals surface area contributed by atoms with Crippen LogP contribution in [0.2, 0.25) is 0 Å². The van der Waals surface area contributed by atoms with E-state index in [1.807, 2.05) is 32.0 Å². The van der Waals surface area contributed by atoms with Gasteiger partial charge in [0.25, 0.3) is 0 Å². The van der Waals surface area contributed by atoms with Gasteiger partial charge in [0.05, 0.1) is 0 Å². The molecule has 0 saturated carbocycles. The van der Waals surface area contributed by atoms with Crippen molar-refractivity contribution in [2.45, 2.75) is 46.1 Å². The van der Waals surface area contributed by atoms with E-state index >= 15 is 0 Å². The molecule has 0 bridgehead atoms. The quantitative estimate of drug-likeness (QED) is 0.823. The van der Waals surface area contributed by atoms with Crippen molar-refractivity contribution in [3.63, 3.8) is 0 Å². The summed E-state index contributed by atoms with van der Waals surface area (Å²) in [6, 6.07) is 5.87. The van der Waals surface area contributed by atoms with Crippen LogP contribution in [-0.4, -0.2) is 11.9 Å². The van der Waals surface area contributed by atoms with E-state index in [0.29, 0.717) is 6.42 Å². The highest BCUT2D eigenvalue weighted by atomic mass is 16.1. The minimum atomic E-state index is -0.0369. The highest BCUT2D eigenvalue weighted by molar-refractivity contribution is 5.92. The van der Waals surface area contributed by atoms with Crippen LogP contribution in [0.1, 0.15) is 37.3 Å². The molecule has 1 aromatic rings. The maximum atomic E-state index is 11.8. The maximum Gasteiger partial charge on any atom is 0.225 e. The normalized spacial score (nSPS) is 12.2. The largest absolute Gasteiger partial charge is 0.327 e. The molecule has 0 aliphatic heterocycles. The minimum Gasteiger partial charge on any atom is -0.327 e. The lowest BCUT2D eigenvalue weighted by atomic mass is 10.1. The van der Waals surface area contributed by atoms with Gasteiger partial charge in [-0.2, -0.15) is 0 Å². The van der Waals surface area contributed by atoms with Gasteiger partial charge in [-0.25, -0.2) is 0 Å². The van der Waals surface area contributed by atoms with Gasteiger partial charge < -0.3 is 11.1 Å². The van der Waals surface area contributed by atoms with E-state index in [-0.39, 0.29) is 11.9 Å². The molecule has 3 nitrogen and oxygen atoms in total. The zero-order valence-electron chi connectivity index (χ0n) is 10.9. The van der Waals surface area contributed by atoms with Gasteiger partial charge in [0.1, 0.15) is 0 Å². The van der Waals surface area contributed by atoms with Crippen molar-refractivity contribution in [2.75, 3.05) is 5.32 Å². The van der Waals surface area contributed by atoms with Gasteiger partial charge >= 0.3 is 0 Å². The molecule has 94 valence electrons. The molecule has 1 aromatic carbocycles. The Hall–Kier alpha value is -1.35. The number of nitrogens with two attached hydrogens (primary N) is 1. The standard InChI is InChI=1S/C14H22N2O/c1-4-6-12(15)9-14(17)16-13-8-5-7-10(2)11(13)3/h5,7-8,12H,4,6,9,15H2,1-3H3,(H,16,17). The molecule has 0 fully saturated rings. The van der Waals surface area contributed by atoms with E-state index in [1.54, 1.807) is 0 Å². The van der Waals surface area contributed by atoms with Crippen LogP contribution in [0, 0.1) is 13.8 Å². The van der Waals surface area contributed by atoms with Gasteiger partial charge in [0, 0.05) is 18.2 Å². The Kier molecular flexibility index (Phi) is 5.16. The summed E-state index contributed by atoms with van der Waals surface area (Å²) in [5.74, 6) is -0.000324. The molecular formula is C14H22N2O. The topological polar surface area (TPSA) is 55.1 Å². The monoisotopic (exact) mass is 234 g/mol. The summed E-state index contributed by atoms with van der Waals surface area (Å²) in [5, 5.41) is 2.92. The lowest BCUT2D eigenvalue weighted by Crippen LogP contribution is -2.27. The van der Waals surface area contributed by atoms with E-state index in [4.69, 9.17) is 5.73 Å². The Morgan fingerprint density at radius 2 is 2.12 bits per heavy atom. The van der Waals surface area contributed by atoms with E-state index in [1.165, 1.54) is 5.56 Å². The minimum absolute atomic E-state index is 0.000324. The molecule has 17 heavy (non-hydrogen) atoms. The second-order valence-electron chi connectivity index (χ2n) is 4.55. The summed E-state index contributed by atoms with van der Waals surface area (Å²) in [7, 11) is 0. The molecule has 1 atom stereocenters. The Morgan fingerprint density at radius 3 is 2.76 bits per heavy atom. The van der Waals surface area contributed by atoms with Crippen molar-refractivity contribution >= 4 is 11.6 Å². The van der Waals surface area contributed by atoms with Gasteiger partial charge in [-0.15, -0.1) is 0 Å². The van der Waals surface area contributed by atoms with Crippen LogP contribution >= 0.6 is 0 Å².